The summed E-state index contributed by atoms with van der Waals surface area (Å²) in [5.74, 6) is 0.783. The van der Waals surface area contributed by atoms with Crippen molar-refractivity contribution in [3.05, 3.63) is 42.7 Å². The number of thioether (sulfide) groups is 1. The molecule has 88 valence electrons. The topological polar surface area (TPSA) is 12.0 Å². The van der Waals surface area contributed by atoms with Crippen molar-refractivity contribution in [2.75, 3.05) is 12.8 Å². The summed E-state index contributed by atoms with van der Waals surface area (Å²) in [6, 6.07) is 7.18. The zero-order valence-corrected chi connectivity index (χ0v) is 10.4. The molecule has 0 aliphatic rings. The first kappa shape index (κ1) is 13.3. The fourth-order valence-electron chi connectivity index (χ4n) is 1.38. The molecule has 1 nitrogen and oxygen atoms in total. The summed E-state index contributed by atoms with van der Waals surface area (Å²) in [6.45, 7) is 3.71. The number of nitrogens with one attached hydrogen (secondary N) is 1. The first-order chi connectivity index (χ1) is 7.76. The predicted molar refractivity (Wildman–Crippen MR) is 69.4 cm³/mol. The van der Waals surface area contributed by atoms with E-state index >= 15 is 0 Å². The lowest BCUT2D eigenvalue weighted by molar-refractivity contribution is 0.578. The van der Waals surface area contributed by atoms with Crippen molar-refractivity contribution in [3.8, 4) is 0 Å². The summed E-state index contributed by atoms with van der Waals surface area (Å²) in [7, 11) is 1.96. The molecule has 1 aromatic rings. The van der Waals surface area contributed by atoms with E-state index in [-0.39, 0.29) is 5.82 Å². The van der Waals surface area contributed by atoms with Gasteiger partial charge in [-0.25, -0.2) is 4.39 Å². The Morgan fingerprint density at radius 2 is 2.38 bits per heavy atom. The van der Waals surface area contributed by atoms with E-state index in [4.69, 9.17) is 0 Å². The van der Waals surface area contributed by atoms with Crippen LogP contribution in [0.1, 0.15) is 12.8 Å². The molecule has 1 N–H and O–H groups in total. The minimum absolute atomic E-state index is 0.169. The van der Waals surface area contributed by atoms with E-state index in [9.17, 15) is 4.39 Å². The van der Waals surface area contributed by atoms with Crippen LogP contribution in [0.15, 0.2) is 41.8 Å². The maximum absolute atomic E-state index is 12.9. The summed E-state index contributed by atoms with van der Waals surface area (Å²) in [6.07, 6.45) is 4.01. The van der Waals surface area contributed by atoms with Gasteiger partial charge < -0.3 is 5.32 Å². The second kappa shape index (κ2) is 7.47. The minimum Gasteiger partial charge on any atom is -0.316 e. The molecule has 0 fully saturated rings. The van der Waals surface area contributed by atoms with Gasteiger partial charge in [-0.05, 0) is 38.1 Å². The van der Waals surface area contributed by atoms with E-state index in [0.717, 1.165) is 23.5 Å². The van der Waals surface area contributed by atoms with E-state index in [1.807, 2.05) is 19.2 Å². The molecule has 1 rings (SSSR count). The van der Waals surface area contributed by atoms with E-state index < -0.39 is 0 Å². The van der Waals surface area contributed by atoms with Crippen molar-refractivity contribution in [1.29, 1.82) is 0 Å². The Morgan fingerprint density at radius 3 is 3.00 bits per heavy atom. The molecule has 0 saturated carbocycles. The molecular formula is C13H18FNS. The van der Waals surface area contributed by atoms with Gasteiger partial charge in [0.1, 0.15) is 5.82 Å². The highest BCUT2D eigenvalue weighted by molar-refractivity contribution is 7.99. The van der Waals surface area contributed by atoms with Gasteiger partial charge in [-0.2, -0.15) is 0 Å². The molecule has 0 spiro atoms. The molecule has 0 radical (unpaired) electrons. The van der Waals surface area contributed by atoms with Crippen LogP contribution in [0.4, 0.5) is 4.39 Å². The normalized spacial score (nSPS) is 12.4. The standard InChI is InChI=1S/C13H18FNS/c1-3-4-7-12(15-2)10-16-13-8-5-6-11(14)9-13/h3,5-6,8-9,12,15H,1,4,7,10H2,2H3. The number of halogens is 1. The van der Waals surface area contributed by atoms with Gasteiger partial charge in [0.2, 0.25) is 0 Å². The van der Waals surface area contributed by atoms with Gasteiger partial charge in [0.05, 0.1) is 0 Å². The Balaban J connectivity index is 2.39. The van der Waals surface area contributed by atoms with Crippen LogP contribution in [0.3, 0.4) is 0 Å². The highest BCUT2D eigenvalue weighted by Gasteiger charge is 2.05. The maximum atomic E-state index is 12.9. The summed E-state index contributed by atoms with van der Waals surface area (Å²) in [5, 5.41) is 3.26. The van der Waals surface area contributed by atoms with Gasteiger partial charge in [-0.1, -0.05) is 12.1 Å². The summed E-state index contributed by atoms with van der Waals surface area (Å²) >= 11 is 1.68. The van der Waals surface area contributed by atoms with Crippen LogP contribution >= 0.6 is 11.8 Å². The number of allylic oxidation sites excluding steroid dienone is 1. The molecular weight excluding hydrogens is 221 g/mol. The first-order valence-electron chi connectivity index (χ1n) is 5.42. The predicted octanol–water partition coefficient (Wildman–Crippen LogP) is 3.47. The number of hydrogen-bond acceptors (Lipinski definition) is 2. The SMILES string of the molecule is C=CCCC(CSc1cccc(F)c1)NC. The van der Waals surface area contributed by atoms with Crippen LogP contribution in [0.25, 0.3) is 0 Å². The third kappa shape index (κ3) is 4.81. The third-order valence-electron chi connectivity index (χ3n) is 2.37. The monoisotopic (exact) mass is 239 g/mol. The smallest absolute Gasteiger partial charge is 0.124 e. The van der Waals surface area contributed by atoms with Gasteiger partial charge in [0, 0.05) is 16.7 Å². The Labute approximate surface area is 101 Å². The van der Waals surface area contributed by atoms with Gasteiger partial charge >= 0.3 is 0 Å². The second-order valence-electron chi connectivity index (χ2n) is 3.62. The molecule has 0 aliphatic carbocycles. The minimum atomic E-state index is -0.169. The molecule has 0 aromatic heterocycles. The molecule has 0 heterocycles. The number of rotatable bonds is 7. The van der Waals surface area contributed by atoms with Crippen molar-refractivity contribution < 1.29 is 4.39 Å². The van der Waals surface area contributed by atoms with Crippen LogP contribution in [-0.4, -0.2) is 18.8 Å². The van der Waals surface area contributed by atoms with E-state index in [2.05, 4.69) is 11.9 Å². The molecule has 0 saturated heterocycles. The fourth-order valence-corrected chi connectivity index (χ4v) is 2.48. The van der Waals surface area contributed by atoms with Crippen molar-refractivity contribution in [3.63, 3.8) is 0 Å². The largest absolute Gasteiger partial charge is 0.316 e. The lowest BCUT2D eigenvalue weighted by Crippen LogP contribution is -2.27. The van der Waals surface area contributed by atoms with Crippen LogP contribution in [0.2, 0.25) is 0 Å². The summed E-state index contributed by atoms with van der Waals surface area (Å²) in [4.78, 5) is 0.985. The fraction of sp³-hybridized carbons (Fsp3) is 0.385. The Bertz CT molecular complexity index is 327. The van der Waals surface area contributed by atoms with Crippen LogP contribution in [-0.2, 0) is 0 Å². The molecule has 0 amide bonds. The summed E-state index contributed by atoms with van der Waals surface area (Å²) < 4.78 is 12.9. The number of benzene rings is 1. The summed E-state index contributed by atoms with van der Waals surface area (Å²) in [5.41, 5.74) is 0. The molecule has 1 atom stereocenters. The second-order valence-corrected chi connectivity index (χ2v) is 4.71. The first-order valence-corrected chi connectivity index (χ1v) is 6.41. The zero-order valence-electron chi connectivity index (χ0n) is 9.58. The van der Waals surface area contributed by atoms with Crippen molar-refractivity contribution >= 4 is 11.8 Å². The van der Waals surface area contributed by atoms with Gasteiger partial charge in [0.15, 0.2) is 0 Å². The third-order valence-corrected chi connectivity index (χ3v) is 3.53. The van der Waals surface area contributed by atoms with Gasteiger partial charge in [-0.3, -0.25) is 0 Å². The maximum Gasteiger partial charge on any atom is 0.124 e. The molecule has 0 aliphatic heterocycles. The lowest BCUT2D eigenvalue weighted by atomic mass is 10.2. The number of hydrogen-bond donors (Lipinski definition) is 1. The molecule has 16 heavy (non-hydrogen) atoms. The Morgan fingerprint density at radius 1 is 1.56 bits per heavy atom. The highest BCUT2D eigenvalue weighted by atomic mass is 32.2. The van der Waals surface area contributed by atoms with Gasteiger partial charge in [0.25, 0.3) is 0 Å². The molecule has 1 aromatic carbocycles. The van der Waals surface area contributed by atoms with Crippen LogP contribution in [0.5, 0.6) is 0 Å². The Kier molecular flexibility index (Phi) is 6.19. The highest BCUT2D eigenvalue weighted by Crippen LogP contribution is 2.20. The average Bonchev–Trinajstić information content (AvgIpc) is 2.29. The lowest BCUT2D eigenvalue weighted by Gasteiger charge is -2.14. The van der Waals surface area contributed by atoms with Crippen molar-refractivity contribution in [2.24, 2.45) is 0 Å². The van der Waals surface area contributed by atoms with E-state index in [0.29, 0.717) is 6.04 Å². The van der Waals surface area contributed by atoms with E-state index in [1.54, 1.807) is 23.9 Å². The average molecular weight is 239 g/mol. The molecule has 1 unspecified atom stereocenters. The quantitative estimate of drug-likeness (QED) is 0.577. The van der Waals surface area contributed by atoms with Crippen molar-refractivity contribution in [2.45, 2.75) is 23.8 Å². The molecule has 0 bridgehead atoms. The van der Waals surface area contributed by atoms with Crippen LogP contribution in [0, 0.1) is 5.82 Å². The molecule has 3 heteroatoms. The Hall–Kier alpha value is -0.800. The zero-order chi connectivity index (χ0) is 11.8. The van der Waals surface area contributed by atoms with Crippen molar-refractivity contribution in [1.82, 2.24) is 5.32 Å². The van der Waals surface area contributed by atoms with Gasteiger partial charge in [-0.15, -0.1) is 18.3 Å². The van der Waals surface area contributed by atoms with Crippen LogP contribution < -0.4 is 5.32 Å². The van der Waals surface area contributed by atoms with E-state index in [1.165, 1.54) is 6.07 Å².